The predicted molar refractivity (Wildman–Crippen MR) is 94.7 cm³/mol. The van der Waals surface area contributed by atoms with E-state index in [-0.39, 0.29) is 0 Å². The molecule has 1 N–H and O–H groups in total. The summed E-state index contributed by atoms with van der Waals surface area (Å²) in [6, 6.07) is 18.5. The first kappa shape index (κ1) is 17.5. The van der Waals surface area contributed by atoms with Gasteiger partial charge in [0.2, 0.25) is 0 Å². The fourth-order valence-electron chi connectivity index (χ4n) is 2.42. The lowest BCUT2D eigenvalue weighted by Gasteiger charge is -2.29. The minimum absolute atomic E-state index is 0.307. The first-order valence-electron chi connectivity index (χ1n) is 8.20. The second kappa shape index (κ2) is 8.70. The van der Waals surface area contributed by atoms with Gasteiger partial charge < -0.3 is 9.84 Å². The number of aliphatic hydroxyl groups excluding tert-OH is 1. The molecule has 2 aromatic rings. The molecule has 0 aliphatic carbocycles. The molecule has 0 aromatic heterocycles. The molecule has 1 atom stereocenters. The van der Waals surface area contributed by atoms with Crippen molar-refractivity contribution in [3.63, 3.8) is 0 Å². The molecule has 3 heteroatoms. The fourth-order valence-corrected chi connectivity index (χ4v) is 2.42. The second-order valence-corrected chi connectivity index (χ2v) is 6.29. The van der Waals surface area contributed by atoms with Gasteiger partial charge in [0, 0.05) is 19.1 Å². The van der Waals surface area contributed by atoms with Gasteiger partial charge in [0.15, 0.2) is 0 Å². The molecule has 0 radical (unpaired) electrons. The Morgan fingerprint density at radius 2 is 1.65 bits per heavy atom. The SMILES string of the molecule is Cc1ccc(CN(C[C@@H](O)COc2ccccc2)C(C)C)cc1. The molecule has 0 amide bonds. The highest BCUT2D eigenvalue weighted by atomic mass is 16.5. The highest BCUT2D eigenvalue weighted by Gasteiger charge is 2.16. The Labute approximate surface area is 139 Å². The number of rotatable bonds is 8. The quantitative estimate of drug-likeness (QED) is 0.807. The van der Waals surface area contributed by atoms with Gasteiger partial charge in [-0.05, 0) is 38.5 Å². The van der Waals surface area contributed by atoms with Crippen LogP contribution in [0.2, 0.25) is 0 Å². The van der Waals surface area contributed by atoms with Crippen LogP contribution >= 0.6 is 0 Å². The van der Waals surface area contributed by atoms with Crippen molar-refractivity contribution in [3.8, 4) is 5.75 Å². The van der Waals surface area contributed by atoms with Gasteiger partial charge >= 0.3 is 0 Å². The van der Waals surface area contributed by atoms with E-state index in [0.717, 1.165) is 12.3 Å². The fraction of sp³-hybridized carbons (Fsp3) is 0.400. The maximum atomic E-state index is 10.3. The Bertz CT molecular complexity index is 566. The van der Waals surface area contributed by atoms with Gasteiger partial charge in [-0.15, -0.1) is 0 Å². The smallest absolute Gasteiger partial charge is 0.119 e. The van der Waals surface area contributed by atoms with Crippen molar-refractivity contribution in [2.75, 3.05) is 13.2 Å². The number of para-hydroxylation sites is 1. The lowest BCUT2D eigenvalue weighted by atomic mass is 10.1. The largest absolute Gasteiger partial charge is 0.491 e. The predicted octanol–water partition coefficient (Wildman–Crippen LogP) is 3.65. The zero-order chi connectivity index (χ0) is 16.7. The van der Waals surface area contributed by atoms with Crippen LogP contribution in [0, 0.1) is 6.92 Å². The monoisotopic (exact) mass is 313 g/mol. The average molecular weight is 313 g/mol. The van der Waals surface area contributed by atoms with Crippen LogP contribution in [0.5, 0.6) is 5.75 Å². The molecule has 0 aliphatic rings. The molecule has 2 rings (SSSR count). The van der Waals surface area contributed by atoms with E-state index in [4.69, 9.17) is 4.74 Å². The Kier molecular flexibility index (Phi) is 6.63. The molecule has 23 heavy (non-hydrogen) atoms. The molecule has 2 aromatic carbocycles. The molecule has 0 unspecified atom stereocenters. The molecule has 0 fully saturated rings. The zero-order valence-electron chi connectivity index (χ0n) is 14.3. The van der Waals surface area contributed by atoms with Gasteiger partial charge in [-0.1, -0.05) is 48.0 Å². The maximum Gasteiger partial charge on any atom is 0.119 e. The summed E-state index contributed by atoms with van der Waals surface area (Å²) in [7, 11) is 0. The number of hydrogen-bond donors (Lipinski definition) is 1. The molecule has 0 spiro atoms. The topological polar surface area (TPSA) is 32.7 Å². The van der Waals surface area contributed by atoms with Crippen LogP contribution in [0.15, 0.2) is 54.6 Å². The van der Waals surface area contributed by atoms with E-state index in [0.29, 0.717) is 19.2 Å². The second-order valence-electron chi connectivity index (χ2n) is 6.29. The summed E-state index contributed by atoms with van der Waals surface area (Å²) in [5.41, 5.74) is 2.53. The van der Waals surface area contributed by atoms with E-state index in [1.54, 1.807) is 0 Å². The minimum Gasteiger partial charge on any atom is -0.491 e. The van der Waals surface area contributed by atoms with E-state index in [1.807, 2.05) is 30.3 Å². The highest BCUT2D eigenvalue weighted by molar-refractivity contribution is 5.22. The van der Waals surface area contributed by atoms with Crippen LogP contribution in [-0.4, -0.2) is 35.3 Å². The van der Waals surface area contributed by atoms with Gasteiger partial charge in [0.05, 0.1) is 0 Å². The van der Waals surface area contributed by atoms with Crippen molar-refractivity contribution in [3.05, 3.63) is 65.7 Å². The van der Waals surface area contributed by atoms with Crippen molar-refractivity contribution in [2.45, 2.75) is 39.5 Å². The summed E-state index contributed by atoms with van der Waals surface area (Å²) in [5.74, 6) is 0.793. The molecular weight excluding hydrogens is 286 g/mol. The van der Waals surface area contributed by atoms with E-state index < -0.39 is 6.10 Å². The van der Waals surface area contributed by atoms with Crippen molar-refractivity contribution in [1.82, 2.24) is 4.90 Å². The van der Waals surface area contributed by atoms with Crippen molar-refractivity contribution >= 4 is 0 Å². The number of aryl methyl sites for hydroxylation is 1. The lowest BCUT2D eigenvalue weighted by Crippen LogP contribution is -2.39. The van der Waals surface area contributed by atoms with Crippen LogP contribution < -0.4 is 4.74 Å². The van der Waals surface area contributed by atoms with Gasteiger partial charge in [-0.25, -0.2) is 0 Å². The third kappa shape index (κ3) is 6.05. The van der Waals surface area contributed by atoms with Gasteiger partial charge in [-0.3, -0.25) is 4.90 Å². The van der Waals surface area contributed by atoms with Crippen LogP contribution in [-0.2, 0) is 6.54 Å². The summed E-state index contributed by atoms with van der Waals surface area (Å²) in [6.45, 7) is 8.13. The molecule has 0 saturated carbocycles. The Balaban J connectivity index is 1.86. The van der Waals surface area contributed by atoms with Crippen LogP contribution in [0.3, 0.4) is 0 Å². The third-order valence-electron chi connectivity index (χ3n) is 3.87. The van der Waals surface area contributed by atoms with E-state index in [9.17, 15) is 5.11 Å². The standard InChI is InChI=1S/C20H27NO2/c1-16(2)21(13-18-11-9-17(3)10-12-18)14-19(22)15-23-20-7-5-4-6-8-20/h4-12,16,19,22H,13-15H2,1-3H3/t19-/m1/s1. The number of nitrogens with zero attached hydrogens (tertiary/aromatic N) is 1. The summed E-state index contributed by atoms with van der Waals surface area (Å²) >= 11 is 0. The molecule has 3 nitrogen and oxygen atoms in total. The zero-order valence-corrected chi connectivity index (χ0v) is 14.3. The summed E-state index contributed by atoms with van der Waals surface area (Å²) in [6.07, 6.45) is -0.511. The lowest BCUT2D eigenvalue weighted by molar-refractivity contribution is 0.0543. The molecule has 0 saturated heterocycles. The Morgan fingerprint density at radius 1 is 1.00 bits per heavy atom. The Hall–Kier alpha value is -1.84. The number of ether oxygens (including phenoxy) is 1. The minimum atomic E-state index is -0.511. The van der Waals surface area contributed by atoms with Crippen molar-refractivity contribution in [1.29, 1.82) is 0 Å². The average Bonchev–Trinajstić information content (AvgIpc) is 2.55. The normalized spacial score (nSPS) is 12.6. The van der Waals surface area contributed by atoms with Gasteiger partial charge in [0.1, 0.15) is 18.5 Å². The Morgan fingerprint density at radius 3 is 2.26 bits per heavy atom. The summed E-state index contributed by atoms with van der Waals surface area (Å²) in [4.78, 5) is 2.27. The van der Waals surface area contributed by atoms with E-state index >= 15 is 0 Å². The summed E-state index contributed by atoms with van der Waals surface area (Å²) < 4.78 is 5.64. The van der Waals surface area contributed by atoms with Gasteiger partial charge in [-0.2, -0.15) is 0 Å². The molecule has 124 valence electrons. The molecule has 0 aliphatic heterocycles. The molecular formula is C20H27NO2. The van der Waals surface area contributed by atoms with Gasteiger partial charge in [0.25, 0.3) is 0 Å². The molecule has 0 bridgehead atoms. The van der Waals surface area contributed by atoms with Crippen LogP contribution in [0.25, 0.3) is 0 Å². The van der Waals surface area contributed by atoms with Crippen LogP contribution in [0.1, 0.15) is 25.0 Å². The number of aliphatic hydroxyl groups is 1. The highest BCUT2D eigenvalue weighted by Crippen LogP contribution is 2.12. The van der Waals surface area contributed by atoms with Crippen LogP contribution in [0.4, 0.5) is 0 Å². The van der Waals surface area contributed by atoms with Crippen molar-refractivity contribution < 1.29 is 9.84 Å². The third-order valence-corrected chi connectivity index (χ3v) is 3.87. The van der Waals surface area contributed by atoms with E-state index in [2.05, 4.69) is 49.9 Å². The van der Waals surface area contributed by atoms with Crippen molar-refractivity contribution in [2.24, 2.45) is 0 Å². The first-order valence-corrected chi connectivity index (χ1v) is 8.20. The number of benzene rings is 2. The summed E-state index contributed by atoms with van der Waals surface area (Å²) in [5, 5.41) is 10.3. The number of hydrogen-bond acceptors (Lipinski definition) is 3. The molecule has 0 heterocycles. The maximum absolute atomic E-state index is 10.3. The first-order chi connectivity index (χ1) is 11.0. The van der Waals surface area contributed by atoms with E-state index in [1.165, 1.54) is 11.1 Å².